The highest BCUT2D eigenvalue weighted by Crippen LogP contribution is 2.35. The zero-order valence-corrected chi connectivity index (χ0v) is 17.9. The number of carbonyl (C=O) groups excluding carboxylic acids is 1. The number of carbonyl (C=O) groups is 1. The molecule has 0 amide bonds. The zero-order valence-electron chi connectivity index (χ0n) is 15.6. The van der Waals surface area contributed by atoms with Gasteiger partial charge in [0, 0.05) is 12.0 Å². The molecule has 1 atom stereocenters. The molecular weight excluding hydrogens is 437 g/mol. The van der Waals surface area contributed by atoms with Crippen LogP contribution in [0.4, 0.5) is 0 Å². The Morgan fingerprint density at radius 1 is 1.14 bits per heavy atom. The van der Waals surface area contributed by atoms with Gasteiger partial charge in [-0.2, -0.15) is 4.73 Å². The molecule has 6 nitrogen and oxygen atoms in total. The van der Waals surface area contributed by atoms with E-state index in [0.717, 1.165) is 0 Å². The Morgan fingerprint density at radius 2 is 1.83 bits per heavy atom. The van der Waals surface area contributed by atoms with Crippen LogP contribution in [-0.2, 0) is 11.2 Å². The van der Waals surface area contributed by atoms with Gasteiger partial charge in [-0.05, 0) is 29.1 Å². The summed E-state index contributed by atoms with van der Waals surface area (Å²) >= 11 is 13.7. The maximum atomic E-state index is 12.6. The van der Waals surface area contributed by atoms with Crippen LogP contribution in [0.15, 0.2) is 48.1 Å². The highest BCUT2D eigenvalue weighted by Gasteiger charge is 2.24. The maximum Gasteiger partial charge on any atom is 0.348 e. The second kappa shape index (κ2) is 9.35. The Balaban J connectivity index is 1.99. The molecule has 1 aromatic carbocycles. The first kappa shape index (κ1) is 21.2. The summed E-state index contributed by atoms with van der Waals surface area (Å²) in [5, 5.41) is 13.7. The SMILES string of the molecule is COc1ccc([C@H](Cc2c(Cl)c[n+]([O-])cc2Cl)OC(=O)c2cccs2)cc1OC. The van der Waals surface area contributed by atoms with E-state index in [-0.39, 0.29) is 16.5 Å². The summed E-state index contributed by atoms with van der Waals surface area (Å²) in [6.07, 6.45) is 1.86. The number of hydrogen-bond acceptors (Lipinski definition) is 6. The number of rotatable bonds is 7. The van der Waals surface area contributed by atoms with Crippen molar-refractivity contribution in [2.75, 3.05) is 14.2 Å². The first-order valence-corrected chi connectivity index (χ1v) is 10.1. The van der Waals surface area contributed by atoms with Crippen LogP contribution in [0.2, 0.25) is 10.0 Å². The van der Waals surface area contributed by atoms with Crippen molar-refractivity contribution < 1.29 is 23.7 Å². The molecule has 0 spiro atoms. The minimum atomic E-state index is -0.720. The maximum absolute atomic E-state index is 12.6. The second-order valence-electron chi connectivity index (χ2n) is 5.98. The van der Waals surface area contributed by atoms with Gasteiger partial charge in [0.1, 0.15) is 21.0 Å². The number of nitrogens with zero attached hydrogens (tertiary/aromatic N) is 1. The van der Waals surface area contributed by atoms with Crippen molar-refractivity contribution in [3.8, 4) is 11.5 Å². The van der Waals surface area contributed by atoms with Gasteiger partial charge in [-0.25, -0.2) is 4.79 Å². The minimum Gasteiger partial charge on any atom is -0.619 e. The number of benzene rings is 1. The van der Waals surface area contributed by atoms with Crippen LogP contribution in [0.5, 0.6) is 11.5 Å². The Labute approximate surface area is 181 Å². The predicted molar refractivity (Wildman–Crippen MR) is 111 cm³/mol. The van der Waals surface area contributed by atoms with Crippen LogP contribution in [-0.4, -0.2) is 20.2 Å². The number of esters is 1. The minimum absolute atomic E-state index is 0.172. The van der Waals surface area contributed by atoms with Gasteiger partial charge >= 0.3 is 5.97 Å². The molecule has 3 aromatic rings. The first-order chi connectivity index (χ1) is 13.9. The van der Waals surface area contributed by atoms with Crippen molar-refractivity contribution in [3.05, 3.63) is 79.4 Å². The lowest BCUT2D eigenvalue weighted by Gasteiger charge is -2.20. The Bertz CT molecular complexity index is 987. The molecule has 9 heteroatoms. The lowest BCUT2D eigenvalue weighted by Crippen LogP contribution is -2.25. The lowest BCUT2D eigenvalue weighted by atomic mass is 10.0. The fourth-order valence-electron chi connectivity index (χ4n) is 2.77. The van der Waals surface area contributed by atoms with E-state index in [1.165, 1.54) is 38.0 Å². The summed E-state index contributed by atoms with van der Waals surface area (Å²) in [4.78, 5) is 13.1. The van der Waals surface area contributed by atoms with Crippen LogP contribution in [0.3, 0.4) is 0 Å². The van der Waals surface area contributed by atoms with E-state index in [2.05, 4.69) is 0 Å². The van der Waals surface area contributed by atoms with Crippen LogP contribution < -0.4 is 14.2 Å². The van der Waals surface area contributed by atoms with Gasteiger partial charge in [-0.3, -0.25) is 0 Å². The molecule has 0 radical (unpaired) electrons. The van der Waals surface area contributed by atoms with Gasteiger partial charge < -0.3 is 19.4 Å². The number of ether oxygens (including phenoxy) is 3. The molecule has 0 saturated carbocycles. The molecule has 0 aliphatic carbocycles. The summed E-state index contributed by atoms with van der Waals surface area (Å²) in [5.41, 5.74) is 1.16. The van der Waals surface area contributed by atoms with Crippen molar-refractivity contribution >= 4 is 40.5 Å². The Kier molecular flexibility index (Phi) is 6.84. The topological polar surface area (TPSA) is 71.7 Å². The van der Waals surface area contributed by atoms with E-state index >= 15 is 0 Å². The molecule has 0 aliphatic rings. The van der Waals surface area contributed by atoms with E-state index in [9.17, 15) is 10.0 Å². The van der Waals surface area contributed by atoms with E-state index < -0.39 is 12.1 Å². The van der Waals surface area contributed by atoms with Crippen molar-refractivity contribution in [3.63, 3.8) is 0 Å². The van der Waals surface area contributed by atoms with Gasteiger partial charge in [0.25, 0.3) is 0 Å². The quantitative estimate of drug-likeness (QED) is 0.290. The molecule has 0 saturated heterocycles. The van der Waals surface area contributed by atoms with Gasteiger partial charge in [0.2, 0.25) is 0 Å². The van der Waals surface area contributed by atoms with Crippen molar-refractivity contribution in [1.29, 1.82) is 0 Å². The average molecular weight is 454 g/mol. The molecule has 0 N–H and O–H groups in total. The molecule has 0 unspecified atom stereocenters. The standard InChI is InChI=1S/C20H17Cl2NO5S/c1-26-16-6-5-12(8-18(16)27-2)17(28-20(24)19-4-3-7-29-19)9-13-14(21)10-23(25)11-15(13)22/h3-8,10-11,17H,9H2,1-2H3/t17-/m0/s1. The molecule has 29 heavy (non-hydrogen) atoms. The van der Waals surface area contributed by atoms with Crippen LogP contribution in [0, 0.1) is 5.21 Å². The number of aromatic nitrogens is 1. The third-order valence-electron chi connectivity index (χ3n) is 4.20. The van der Waals surface area contributed by atoms with Gasteiger partial charge in [-0.1, -0.05) is 35.3 Å². The molecular formula is C20H17Cl2NO5S. The Morgan fingerprint density at radius 3 is 2.41 bits per heavy atom. The van der Waals surface area contributed by atoms with Crippen molar-refractivity contribution in [1.82, 2.24) is 0 Å². The number of thiophene rings is 1. The number of hydrogen-bond donors (Lipinski definition) is 0. The van der Waals surface area contributed by atoms with Gasteiger partial charge in [-0.15, -0.1) is 11.3 Å². The summed E-state index contributed by atoms with van der Waals surface area (Å²) in [6.45, 7) is 0. The van der Waals surface area contributed by atoms with E-state index in [4.69, 9.17) is 37.4 Å². The van der Waals surface area contributed by atoms with Gasteiger partial charge in [0.05, 0.1) is 14.2 Å². The van der Waals surface area contributed by atoms with E-state index in [0.29, 0.717) is 32.2 Å². The molecule has 0 fully saturated rings. The summed E-state index contributed by atoms with van der Waals surface area (Å²) in [7, 11) is 3.06. The molecule has 152 valence electrons. The zero-order chi connectivity index (χ0) is 21.0. The lowest BCUT2D eigenvalue weighted by molar-refractivity contribution is -0.605. The monoisotopic (exact) mass is 453 g/mol. The molecule has 2 aromatic heterocycles. The largest absolute Gasteiger partial charge is 0.619 e. The highest BCUT2D eigenvalue weighted by molar-refractivity contribution is 7.11. The molecule has 0 bridgehead atoms. The van der Waals surface area contributed by atoms with Crippen molar-refractivity contribution in [2.45, 2.75) is 12.5 Å². The number of methoxy groups -OCH3 is 2. The molecule has 3 rings (SSSR count). The fraction of sp³-hybridized carbons (Fsp3) is 0.200. The third-order valence-corrected chi connectivity index (χ3v) is 5.70. The second-order valence-corrected chi connectivity index (χ2v) is 7.74. The average Bonchev–Trinajstić information content (AvgIpc) is 3.24. The number of pyridine rings is 1. The van der Waals surface area contributed by atoms with E-state index in [1.54, 1.807) is 35.7 Å². The van der Waals surface area contributed by atoms with Crippen LogP contribution in [0.1, 0.15) is 26.9 Å². The Hall–Kier alpha value is -2.48. The third kappa shape index (κ3) is 4.93. The molecule has 2 heterocycles. The fourth-order valence-corrected chi connectivity index (χ4v) is 3.98. The smallest absolute Gasteiger partial charge is 0.348 e. The van der Waals surface area contributed by atoms with Crippen molar-refractivity contribution in [2.24, 2.45) is 0 Å². The summed E-state index contributed by atoms with van der Waals surface area (Å²) in [5.74, 6) is 0.564. The summed E-state index contributed by atoms with van der Waals surface area (Å²) < 4.78 is 16.9. The normalized spacial score (nSPS) is 11.7. The molecule has 0 aliphatic heterocycles. The van der Waals surface area contributed by atoms with Crippen LogP contribution in [0.25, 0.3) is 0 Å². The van der Waals surface area contributed by atoms with E-state index in [1.807, 2.05) is 0 Å². The predicted octanol–water partition coefficient (Wildman–Crippen LogP) is 4.85. The van der Waals surface area contributed by atoms with Gasteiger partial charge in [0.15, 0.2) is 23.9 Å². The summed E-state index contributed by atoms with van der Waals surface area (Å²) in [6, 6.07) is 8.67. The number of halogens is 2. The first-order valence-electron chi connectivity index (χ1n) is 8.46. The van der Waals surface area contributed by atoms with Crippen LogP contribution >= 0.6 is 34.5 Å². The highest BCUT2D eigenvalue weighted by atomic mass is 35.5.